The summed E-state index contributed by atoms with van der Waals surface area (Å²) in [5.74, 6) is 1.09. The fourth-order valence-electron chi connectivity index (χ4n) is 1.47. The molecule has 2 heterocycles. The fourth-order valence-corrected chi connectivity index (χ4v) is 1.47. The van der Waals surface area contributed by atoms with E-state index in [1.807, 2.05) is 0 Å². The Kier molecular flexibility index (Phi) is 3.09. The van der Waals surface area contributed by atoms with Gasteiger partial charge in [0.15, 0.2) is 5.90 Å². The van der Waals surface area contributed by atoms with E-state index in [1.165, 1.54) is 6.08 Å². The van der Waals surface area contributed by atoms with Crippen LogP contribution in [-0.2, 0) is 14.3 Å². The van der Waals surface area contributed by atoms with E-state index in [1.54, 1.807) is 0 Å². The van der Waals surface area contributed by atoms with E-state index in [4.69, 9.17) is 9.47 Å². The molecule has 0 spiro atoms. The maximum absolute atomic E-state index is 10.3. The van der Waals surface area contributed by atoms with Crippen LogP contribution >= 0.6 is 0 Å². The van der Waals surface area contributed by atoms with E-state index in [-0.39, 0.29) is 0 Å². The van der Waals surface area contributed by atoms with Gasteiger partial charge < -0.3 is 9.47 Å². The van der Waals surface area contributed by atoms with E-state index in [9.17, 15) is 4.79 Å². The minimum Gasteiger partial charge on any atom is -0.479 e. The number of isocyanates is 1. The molecule has 2 aliphatic heterocycles. The summed E-state index contributed by atoms with van der Waals surface area (Å²) < 4.78 is 10.5. The first-order chi connectivity index (χ1) is 7.40. The Morgan fingerprint density at radius 2 is 2.13 bits per heavy atom. The average molecular weight is 209 g/mol. The highest BCUT2D eigenvalue weighted by atomic mass is 16.5. The lowest BCUT2D eigenvalue weighted by atomic mass is 10.2. The molecular weight excluding hydrogens is 198 g/mol. The van der Waals surface area contributed by atoms with Crippen molar-refractivity contribution >= 4 is 17.9 Å². The van der Waals surface area contributed by atoms with Crippen LogP contribution in [0, 0.1) is 0 Å². The lowest BCUT2D eigenvalue weighted by Crippen LogP contribution is -2.22. The molecule has 2 aliphatic rings. The zero-order valence-electron chi connectivity index (χ0n) is 8.18. The van der Waals surface area contributed by atoms with Gasteiger partial charge in [0.25, 0.3) is 0 Å². The van der Waals surface area contributed by atoms with Gasteiger partial charge in [0.2, 0.25) is 12.0 Å². The van der Waals surface area contributed by atoms with Gasteiger partial charge in [-0.25, -0.2) is 4.79 Å². The summed E-state index contributed by atoms with van der Waals surface area (Å²) in [6.07, 6.45) is 1.95. The molecular formula is C9H11N3O3. The van der Waals surface area contributed by atoms with E-state index >= 15 is 0 Å². The van der Waals surface area contributed by atoms with Crippen molar-refractivity contribution in [2.24, 2.45) is 15.0 Å². The van der Waals surface area contributed by atoms with Crippen LogP contribution in [0.2, 0.25) is 0 Å². The third kappa shape index (κ3) is 2.41. The summed E-state index contributed by atoms with van der Waals surface area (Å²) in [7, 11) is 0. The van der Waals surface area contributed by atoms with Crippen molar-refractivity contribution in [3.63, 3.8) is 0 Å². The SMILES string of the molecule is O=C=NC(CC1=NCCO1)C1=NCCO1. The summed E-state index contributed by atoms with van der Waals surface area (Å²) in [6, 6.07) is -0.429. The zero-order valence-corrected chi connectivity index (χ0v) is 8.18. The number of nitrogens with zero attached hydrogens (tertiary/aromatic N) is 3. The molecule has 2 rings (SSSR count). The van der Waals surface area contributed by atoms with E-state index < -0.39 is 6.04 Å². The Morgan fingerprint density at radius 3 is 2.73 bits per heavy atom. The van der Waals surface area contributed by atoms with Crippen molar-refractivity contribution in [1.82, 2.24) is 0 Å². The van der Waals surface area contributed by atoms with Crippen LogP contribution in [0.5, 0.6) is 0 Å². The number of hydrogen-bond acceptors (Lipinski definition) is 6. The zero-order chi connectivity index (χ0) is 10.5. The summed E-state index contributed by atoms with van der Waals surface area (Å²) in [5, 5.41) is 0. The Balaban J connectivity index is 2.02. The Labute approximate surface area is 86.7 Å². The highest BCUT2D eigenvalue weighted by Crippen LogP contribution is 2.10. The van der Waals surface area contributed by atoms with Crippen molar-refractivity contribution in [2.75, 3.05) is 26.3 Å². The van der Waals surface area contributed by atoms with Gasteiger partial charge in [-0.1, -0.05) is 0 Å². The first-order valence-corrected chi connectivity index (χ1v) is 4.80. The summed E-state index contributed by atoms with van der Waals surface area (Å²) in [6.45, 7) is 2.43. The Morgan fingerprint density at radius 1 is 1.33 bits per heavy atom. The lowest BCUT2D eigenvalue weighted by Gasteiger charge is -2.09. The maximum Gasteiger partial charge on any atom is 0.235 e. The molecule has 0 aliphatic carbocycles. The van der Waals surface area contributed by atoms with Crippen LogP contribution in [0.4, 0.5) is 0 Å². The molecule has 0 N–H and O–H groups in total. The minimum atomic E-state index is -0.429. The number of hydrogen-bond donors (Lipinski definition) is 0. The standard InChI is InChI=1S/C9H11N3O3/c13-6-12-7(9-11-2-4-15-9)5-8-10-1-3-14-8/h7H,1-5H2. The summed E-state index contributed by atoms with van der Waals surface area (Å²) in [5.41, 5.74) is 0. The molecule has 1 unspecified atom stereocenters. The quantitative estimate of drug-likeness (QED) is 0.481. The van der Waals surface area contributed by atoms with E-state index in [0.717, 1.165) is 0 Å². The van der Waals surface area contributed by atoms with Gasteiger partial charge in [0, 0.05) is 0 Å². The predicted octanol–water partition coefficient (Wildman–Crippen LogP) is -0.0617. The number of carbonyl (C=O) groups excluding carboxylic acids is 1. The Hall–Kier alpha value is -1.68. The van der Waals surface area contributed by atoms with Gasteiger partial charge >= 0.3 is 0 Å². The molecule has 0 saturated heterocycles. The number of aliphatic imine (C=N–C) groups is 3. The molecule has 15 heavy (non-hydrogen) atoms. The van der Waals surface area contributed by atoms with Crippen molar-refractivity contribution in [3.05, 3.63) is 0 Å². The first kappa shape index (κ1) is 9.86. The van der Waals surface area contributed by atoms with Gasteiger partial charge in [-0.05, 0) is 0 Å². The molecule has 0 aromatic carbocycles. The third-order valence-corrected chi connectivity index (χ3v) is 2.12. The molecule has 0 aromatic rings. The largest absolute Gasteiger partial charge is 0.479 e. The van der Waals surface area contributed by atoms with E-state index in [0.29, 0.717) is 44.5 Å². The molecule has 0 radical (unpaired) electrons. The summed E-state index contributed by atoms with van der Waals surface area (Å²) in [4.78, 5) is 22.1. The third-order valence-electron chi connectivity index (χ3n) is 2.12. The average Bonchev–Trinajstić information content (AvgIpc) is 2.89. The molecule has 0 amide bonds. The van der Waals surface area contributed by atoms with Crippen LogP contribution in [0.25, 0.3) is 0 Å². The second-order valence-corrected chi connectivity index (χ2v) is 3.13. The highest BCUT2D eigenvalue weighted by molar-refractivity contribution is 5.90. The molecule has 0 aromatic heterocycles. The van der Waals surface area contributed by atoms with Gasteiger partial charge in [-0.2, -0.15) is 4.99 Å². The molecule has 0 bridgehead atoms. The maximum atomic E-state index is 10.3. The normalized spacial score (nSPS) is 20.8. The van der Waals surface area contributed by atoms with Crippen molar-refractivity contribution < 1.29 is 14.3 Å². The number of ether oxygens (including phenoxy) is 2. The minimum absolute atomic E-state index is 0.425. The molecule has 0 saturated carbocycles. The highest BCUT2D eigenvalue weighted by Gasteiger charge is 2.24. The second-order valence-electron chi connectivity index (χ2n) is 3.13. The second kappa shape index (κ2) is 4.70. The molecule has 1 atom stereocenters. The number of rotatable bonds is 4. The van der Waals surface area contributed by atoms with Gasteiger partial charge in [-0.3, -0.25) is 9.98 Å². The fraction of sp³-hybridized carbons (Fsp3) is 0.667. The molecule has 0 fully saturated rings. The van der Waals surface area contributed by atoms with Crippen molar-refractivity contribution in [2.45, 2.75) is 12.5 Å². The summed E-state index contributed by atoms with van der Waals surface area (Å²) >= 11 is 0. The van der Waals surface area contributed by atoms with Crippen LogP contribution in [-0.4, -0.2) is 50.2 Å². The van der Waals surface area contributed by atoms with Gasteiger partial charge in [-0.15, -0.1) is 0 Å². The van der Waals surface area contributed by atoms with Crippen molar-refractivity contribution in [1.29, 1.82) is 0 Å². The smallest absolute Gasteiger partial charge is 0.235 e. The lowest BCUT2D eigenvalue weighted by molar-refractivity contribution is 0.321. The Bertz CT molecular complexity index is 345. The molecule has 6 heteroatoms. The first-order valence-electron chi connectivity index (χ1n) is 4.80. The van der Waals surface area contributed by atoms with Gasteiger partial charge in [0.1, 0.15) is 19.3 Å². The van der Waals surface area contributed by atoms with Crippen LogP contribution < -0.4 is 0 Å². The van der Waals surface area contributed by atoms with Gasteiger partial charge in [0.05, 0.1) is 19.5 Å². The molecule has 80 valence electrons. The van der Waals surface area contributed by atoms with Crippen molar-refractivity contribution in [3.8, 4) is 0 Å². The monoisotopic (exact) mass is 209 g/mol. The predicted molar refractivity (Wildman–Crippen MR) is 53.0 cm³/mol. The molecule has 6 nitrogen and oxygen atoms in total. The van der Waals surface area contributed by atoms with Crippen LogP contribution in [0.15, 0.2) is 15.0 Å². The van der Waals surface area contributed by atoms with Crippen LogP contribution in [0.3, 0.4) is 0 Å². The topological polar surface area (TPSA) is 72.6 Å². The van der Waals surface area contributed by atoms with Crippen LogP contribution in [0.1, 0.15) is 6.42 Å². The van der Waals surface area contributed by atoms with E-state index in [2.05, 4.69) is 15.0 Å².